The Labute approximate surface area is 109 Å². The van der Waals surface area contributed by atoms with Crippen molar-refractivity contribution >= 4 is 36.5 Å². The highest BCUT2D eigenvalue weighted by molar-refractivity contribution is 7.91. The maximum absolute atomic E-state index is 13.0. The topological polar surface area (TPSA) is 59.1 Å². The molecule has 0 amide bonds. The van der Waals surface area contributed by atoms with Crippen LogP contribution < -0.4 is 5.32 Å². The van der Waals surface area contributed by atoms with Crippen LogP contribution in [0, 0.1) is 5.82 Å². The van der Waals surface area contributed by atoms with E-state index in [1.165, 1.54) is 23.5 Å². The van der Waals surface area contributed by atoms with Gasteiger partial charge in [-0.3, -0.25) is 0 Å². The summed E-state index contributed by atoms with van der Waals surface area (Å²) in [4.78, 5) is 4.19. The third-order valence-corrected chi connectivity index (χ3v) is 5.18. The molecule has 0 aliphatic rings. The van der Waals surface area contributed by atoms with Gasteiger partial charge in [0, 0.05) is 18.4 Å². The van der Waals surface area contributed by atoms with E-state index in [4.69, 9.17) is 0 Å². The van der Waals surface area contributed by atoms with Gasteiger partial charge in [0.05, 0.1) is 16.0 Å². The standard InChI is InChI=1S/C11H13FN2O2S2/c1-2-18(15,16)6-5-13-11-14-9-7-8(12)3-4-10(9)17-11/h3-4,7H,2,5-6H2,1H3,(H,13,14). The number of aromatic nitrogens is 1. The lowest BCUT2D eigenvalue weighted by molar-refractivity contribution is 0.597. The fourth-order valence-electron chi connectivity index (χ4n) is 1.43. The minimum absolute atomic E-state index is 0.0772. The van der Waals surface area contributed by atoms with Gasteiger partial charge < -0.3 is 5.32 Å². The van der Waals surface area contributed by atoms with Crippen LogP contribution >= 0.6 is 11.3 Å². The van der Waals surface area contributed by atoms with Crippen molar-refractivity contribution in [3.63, 3.8) is 0 Å². The molecular weight excluding hydrogens is 275 g/mol. The Morgan fingerprint density at radius 2 is 2.22 bits per heavy atom. The lowest BCUT2D eigenvalue weighted by atomic mass is 10.3. The van der Waals surface area contributed by atoms with Gasteiger partial charge >= 0.3 is 0 Å². The molecular formula is C11H13FN2O2S2. The van der Waals surface area contributed by atoms with Gasteiger partial charge in [-0.25, -0.2) is 17.8 Å². The second-order valence-electron chi connectivity index (χ2n) is 3.79. The van der Waals surface area contributed by atoms with Crippen LogP contribution in [-0.4, -0.2) is 31.5 Å². The van der Waals surface area contributed by atoms with E-state index < -0.39 is 9.84 Å². The van der Waals surface area contributed by atoms with Crippen LogP contribution in [0.15, 0.2) is 18.2 Å². The molecule has 1 aromatic carbocycles. The number of anilines is 1. The van der Waals surface area contributed by atoms with Crippen LogP contribution in [0.4, 0.5) is 9.52 Å². The second kappa shape index (κ2) is 5.19. The van der Waals surface area contributed by atoms with Crippen molar-refractivity contribution in [2.45, 2.75) is 6.92 Å². The normalized spacial score (nSPS) is 11.9. The molecule has 0 unspecified atom stereocenters. The third-order valence-electron chi connectivity index (χ3n) is 2.48. The Bertz CT molecular complexity index is 652. The maximum atomic E-state index is 13.0. The number of nitrogens with one attached hydrogen (secondary N) is 1. The Kier molecular flexibility index (Phi) is 3.82. The van der Waals surface area contributed by atoms with Gasteiger partial charge in [0.15, 0.2) is 15.0 Å². The number of fused-ring (bicyclic) bond motifs is 1. The zero-order chi connectivity index (χ0) is 13.2. The van der Waals surface area contributed by atoms with Crippen molar-refractivity contribution in [1.29, 1.82) is 0 Å². The summed E-state index contributed by atoms with van der Waals surface area (Å²) in [6.45, 7) is 1.94. The largest absolute Gasteiger partial charge is 0.360 e. The third kappa shape index (κ3) is 3.17. The Balaban J connectivity index is 2.04. The first-order chi connectivity index (χ1) is 8.50. The molecule has 0 atom stereocenters. The number of sulfone groups is 1. The van der Waals surface area contributed by atoms with E-state index in [0.717, 1.165) is 4.70 Å². The van der Waals surface area contributed by atoms with E-state index in [9.17, 15) is 12.8 Å². The van der Waals surface area contributed by atoms with E-state index in [-0.39, 0.29) is 17.3 Å². The fraction of sp³-hybridized carbons (Fsp3) is 0.364. The first-order valence-corrected chi connectivity index (χ1v) is 8.14. The summed E-state index contributed by atoms with van der Waals surface area (Å²) in [6.07, 6.45) is 0. The lowest BCUT2D eigenvalue weighted by Gasteiger charge is -2.01. The molecule has 1 N–H and O–H groups in total. The highest BCUT2D eigenvalue weighted by Gasteiger charge is 2.08. The molecule has 0 aliphatic heterocycles. The van der Waals surface area contributed by atoms with Crippen LogP contribution in [-0.2, 0) is 9.84 Å². The average molecular weight is 288 g/mol. The highest BCUT2D eigenvalue weighted by atomic mass is 32.2. The molecule has 98 valence electrons. The van der Waals surface area contributed by atoms with Gasteiger partial charge in [-0.15, -0.1) is 0 Å². The number of rotatable bonds is 5. The van der Waals surface area contributed by atoms with Gasteiger partial charge in [0.2, 0.25) is 0 Å². The number of thiazole rings is 1. The summed E-state index contributed by atoms with van der Waals surface area (Å²) in [5.74, 6) is -0.110. The Morgan fingerprint density at radius 1 is 1.44 bits per heavy atom. The molecule has 0 spiro atoms. The summed E-state index contributed by atoms with van der Waals surface area (Å²) in [7, 11) is -2.97. The van der Waals surface area contributed by atoms with Gasteiger partial charge in [0.25, 0.3) is 0 Å². The predicted molar refractivity (Wildman–Crippen MR) is 72.4 cm³/mol. The molecule has 1 heterocycles. The average Bonchev–Trinajstić information content (AvgIpc) is 2.70. The summed E-state index contributed by atoms with van der Waals surface area (Å²) in [6, 6.07) is 4.40. The van der Waals surface area contributed by atoms with Crippen molar-refractivity contribution in [3.05, 3.63) is 24.0 Å². The van der Waals surface area contributed by atoms with Crippen LogP contribution in [0.5, 0.6) is 0 Å². The minimum atomic E-state index is -2.97. The van der Waals surface area contributed by atoms with E-state index >= 15 is 0 Å². The summed E-state index contributed by atoms with van der Waals surface area (Å²) < 4.78 is 36.4. The van der Waals surface area contributed by atoms with E-state index in [0.29, 0.717) is 17.2 Å². The van der Waals surface area contributed by atoms with Crippen LogP contribution in [0.2, 0.25) is 0 Å². The van der Waals surface area contributed by atoms with E-state index in [1.807, 2.05) is 0 Å². The van der Waals surface area contributed by atoms with Gasteiger partial charge in [-0.05, 0) is 12.1 Å². The maximum Gasteiger partial charge on any atom is 0.183 e. The first-order valence-electron chi connectivity index (χ1n) is 5.50. The number of nitrogens with zero attached hydrogens (tertiary/aromatic N) is 1. The molecule has 2 aromatic rings. The van der Waals surface area contributed by atoms with E-state index in [2.05, 4.69) is 10.3 Å². The molecule has 18 heavy (non-hydrogen) atoms. The number of hydrogen-bond donors (Lipinski definition) is 1. The smallest absolute Gasteiger partial charge is 0.183 e. The number of hydrogen-bond acceptors (Lipinski definition) is 5. The molecule has 0 aliphatic carbocycles. The predicted octanol–water partition coefficient (Wildman–Crippen LogP) is 2.28. The van der Waals surface area contributed by atoms with Gasteiger partial charge in [-0.2, -0.15) is 0 Å². The summed E-state index contributed by atoms with van der Waals surface area (Å²) in [5, 5.41) is 3.56. The summed E-state index contributed by atoms with van der Waals surface area (Å²) in [5.41, 5.74) is 0.584. The monoisotopic (exact) mass is 288 g/mol. The quantitative estimate of drug-likeness (QED) is 0.917. The Hall–Kier alpha value is -1.21. The van der Waals surface area contributed by atoms with Crippen molar-refractivity contribution < 1.29 is 12.8 Å². The first kappa shape index (κ1) is 13.2. The van der Waals surface area contributed by atoms with Crippen molar-refractivity contribution in [3.8, 4) is 0 Å². The molecule has 0 bridgehead atoms. The van der Waals surface area contributed by atoms with Crippen molar-refractivity contribution in [2.75, 3.05) is 23.4 Å². The highest BCUT2D eigenvalue weighted by Crippen LogP contribution is 2.26. The molecule has 0 saturated heterocycles. The molecule has 1 aromatic heterocycles. The van der Waals surface area contributed by atoms with Crippen LogP contribution in [0.3, 0.4) is 0 Å². The lowest BCUT2D eigenvalue weighted by Crippen LogP contribution is -2.16. The fourth-order valence-corrected chi connectivity index (χ4v) is 3.01. The van der Waals surface area contributed by atoms with Crippen molar-refractivity contribution in [1.82, 2.24) is 4.98 Å². The van der Waals surface area contributed by atoms with Crippen LogP contribution in [0.25, 0.3) is 10.2 Å². The zero-order valence-electron chi connectivity index (χ0n) is 9.81. The molecule has 4 nitrogen and oxygen atoms in total. The van der Waals surface area contributed by atoms with E-state index in [1.54, 1.807) is 13.0 Å². The van der Waals surface area contributed by atoms with Gasteiger partial charge in [-0.1, -0.05) is 18.3 Å². The van der Waals surface area contributed by atoms with Crippen molar-refractivity contribution in [2.24, 2.45) is 0 Å². The number of benzene rings is 1. The van der Waals surface area contributed by atoms with Crippen LogP contribution in [0.1, 0.15) is 6.92 Å². The zero-order valence-corrected chi connectivity index (χ0v) is 11.4. The molecule has 0 fully saturated rings. The molecule has 0 radical (unpaired) electrons. The molecule has 2 rings (SSSR count). The Morgan fingerprint density at radius 3 is 2.94 bits per heavy atom. The SMILES string of the molecule is CCS(=O)(=O)CCNc1nc2cc(F)ccc2s1. The molecule has 7 heteroatoms. The summed E-state index contributed by atoms with van der Waals surface area (Å²) >= 11 is 1.38. The second-order valence-corrected chi connectivity index (χ2v) is 7.30. The number of halogens is 1. The minimum Gasteiger partial charge on any atom is -0.360 e. The molecule has 0 saturated carbocycles. The van der Waals surface area contributed by atoms with Gasteiger partial charge in [0.1, 0.15) is 5.82 Å².